The lowest BCUT2D eigenvalue weighted by molar-refractivity contribution is -0.132. The van der Waals surface area contributed by atoms with E-state index in [2.05, 4.69) is 25.4 Å². The molecule has 2 aromatic carbocycles. The fraction of sp³-hybridized carbons (Fsp3) is 0.472. The van der Waals surface area contributed by atoms with Gasteiger partial charge in [0.15, 0.2) is 0 Å². The van der Waals surface area contributed by atoms with Crippen LogP contribution >= 0.6 is 0 Å². The Kier molecular flexibility index (Phi) is 12.0. The molecule has 1 aromatic heterocycles. The number of aliphatic hydroxyl groups is 2. The summed E-state index contributed by atoms with van der Waals surface area (Å²) in [7, 11) is 0. The van der Waals surface area contributed by atoms with E-state index in [1.165, 1.54) is 0 Å². The highest BCUT2D eigenvalue weighted by molar-refractivity contribution is 5.83. The molecule has 0 spiro atoms. The summed E-state index contributed by atoms with van der Waals surface area (Å²) in [5.74, 6) is -0.781. The second kappa shape index (κ2) is 15.8. The van der Waals surface area contributed by atoms with Crippen LogP contribution < -0.4 is 10.6 Å². The van der Waals surface area contributed by atoms with Gasteiger partial charge in [0, 0.05) is 63.0 Å². The Labute approximate surface area is 272 Å². The number of aliphatic hydroxyl groups excluding tert-OH is 2. The van der Waals surface area contributed by atoms with E-state index in [1.807, 2.05) is 93.7 Å². The van der Waals surface area contributed by atoms with Crippen molar-refractivity contribution >= 4 is 11.8 Å². The zero-order valence-electron chi connectivity index (χ0n) is 27.1. The maximum atomic E-state index is 13.8. The SMILES string of the molecule is CC(C)(C)NC(=O)[C@@H]1CN(Cc2cccnc2)CCN1C[C@@H](O)C[C@@H](Cc1ccccc1)C(=O)N[C@H]1c2ccccc2C[C@H]1O.O. The van der Waals surface area contributed by atoms with Gasteiger partial charge in [0.1, 0.15) is 6.04 Å². The summed E-state index contributed by atoms with van der Waals surface area (Å²) in [5.41, 5.74) is 3.68. The first kappa shape index (κ1) is 35.2. The van der Waals surface area contributed by atoms with Gasteiger partial charge in [0.2, 0.25) is 11.8 Å². The quantitative estimate of drug-likeness (QED) is 0.253. The monoisotopic (exact) mass is 631 g/mol. The molecule has 0 radical (unpaired) electrons. The third kappa shape index (κ3) is 9.43. The number of nitrogens with one attached hydrogen (secondary N) is 2. The highest BCUT2D eigenvalue weighted by Gasteiger charge is 2.37. The van der Waals surface area contributed by atoms with Crippen molar-refractivity contribution in [3.05, 3.63) is 101 Å². The molecule has 0 bridgehead atoms. The summed E-state index contributed by atoms with van der Waals surface area (Å²) >= 11 is 0. The number of benzene rings is 2. The number of piperazine rings is 1. The number of rotatable bonds is 11. The molecule has 248 valence electrons. The van der Waals surface area contributed by atoms with Crippen LogP contribution in [0.4, 0.5) is 0 Å². The van der Waals surface area contributed by atoms with Gasteiger partial charge < -0.3 is 26.3 Å². The fourth-order valence-corrected chi connectivity index (χ4v) is 6.56. The summed E-state index contributed by atoms with van der Waals surface area (Å²) in [6, 6.07) is 20.6. The van der Waals surface area contributed by atoms with Gasteiger partial charge in [0.05, 0.1) is 18.2 Å². The molecule has 0 saturated carbocycles. The molecule has 5 atom stereocenters. The Morgan fingerprint density at radius 2 is 1.72 bits per heavy atom. The number of fused-ring (bicyclic) bond motifs is 1. The number of carbonyl (C=O) groups is 2. The number of aromatic nitrogens is 1. The number of nitrogens with zero attached hydrogens (tertiary/aromatic N) is 3. The second-order valence-electron chi connectivity index (χ2n) is 13.6. The van der Waals surface area contributed by atoms with Gasteiger partial charge in [-0.1, -0.05) is 60.7 Å². The number of hydrogen-bond acceptors (Lipinski definition) is 7. The van der Waals surface area contributed by atoms with E-state index in [9.17, 15) is 19.8 Å². The number of amides is 2. The summed E-state index contributed by atoms with van der Waals surface area (Å²) in [5, 5.41) is 28.5. The Morgan fingerprint density at radius 1 is 1.00 bits per heavy atom. The molecule has 10 heteroatoms. The fourth-order valence-electron chi connectivity index (χ4n) is 6.56. The Hall–Kier alpha value is -3.67. The number of hydrogen-bond donors (Lipinski definition) is 4. The normalized spacial score (nSPS) is 21.5. The highest BCUT2D eigenvalue weighted by Crippen LogP contribution is 2.32. The van der Waals surface area contributed by atoms with Crippen LogP contribution in [-0.2, 0) is 29.0 Å². The van der Waals surface area contributed by atoms with E-state index in [0.29, 0.717) is 32.5 Å². The topological polar surface area (TPSA) is 150 Å². The molecule has 5 rings (SSSR count). The largest absolute Gasteiger partial charge is 0.412 e. The van der Waals surface area contributed by atoms with Crippen molar-refractivity contribution in [3.8, 4) is 0 Å². The van der Waals surface area contributed by atoms with Crippen LogP contribution in [0.15, 0.2) is 79.1 Å². The van der Waals surface area contributed by atoms with Crippen molar-refractivity contribution in [3.63, 3.8) is 0 Å². The van der Waals surface area contributed by atoms with Gasteiger partial charge in [-0.25, -0.2) is 0 Å². The van der Waals surface area contributed by atoms with Crippen molar-refractivity contribution in [2.24, 2.45) is 5.92 Å². The van der Waals surface area contributed by atoms with Crippen molar-refractivity contribution in [2.75, 3.05) is 26.2 Å². The molecule has 0 unspecified atom stereocenters. The number of β-amino-alcohol motifs (C(OH)–C–C–N with tert-alkyl or cyclic N) is 1. The first-order chi connectivity index (χ1) is 21.6. The van der Waals surface area contributed by atoms with Crippen LogP contribution in [0.3, 0.4) is 0 Å². The maximum absolute atomic E-state index is 13.8. The molecule has 10 nitrogen and oxygen atoms in total. The molecule has 3 aromatic rings. The standard InChI is InChI=1S/C36H47N5O4.H2O/c1-36(2,3)39-35(45)31-24-40(22-26-12-9-15-37-21-26)16-17-41(31)23-29(42)19-28(18-25-10-5-4-6-11-25)34(44)38-33-30-14-8-7-13-27(30)20-32(33)43;/h4-15,21,28-29,31-33,42-43H,16-20,22-24H2,1-3H3,(H,38,44)(H,39,45);1H2/t28-,29+,31+,32-,33+;/m1./s1. The average Bonchev–Trinajstić information content (AvgIpc) is 3.32. The van der Waals surface area contributed by atoms with Crippen molar-refractivity contribution in [2.45, 2.75) is 76.4 Å². The average molecular weight is 632 g/mol. The first-order valence-electron chi connectivity index (χ1n) is 16.0. The molecule has 1 saturated heterocycles. The Morgan fingerprint density at radius 3 is 2.43 bits per heavy atom. The third-order valence-electron chi connectivity index (χ3n) is 8.70. The molecule has 1 aliphatic carbocycles. The zero-order chi connectivity index (χ0) is 32.0. The van der Waals surface area contributed by atoms with E-state index in [1.54, 1.807) is 6.20 Å². The minimum absolute atomic E-state index is 0. The molecule has 2 amide bonds. The van der Waals surface area contributed by atoms with E-state index < -0.39 is 35.7 Å². The van der Waals surface area contributed by atoms with Gasteiger partial charge in [-0.15, -0.1) is 0 Å². The molecule has 6 N–H and O–H groups in total. The Balaban J connectivity index is 0.00000480. The van der Waals surface area contributed by atoms with E-state index in [4.69, 9.17) is 0 Å². The number of carbonyl (C=O) groups excluding carboxylic acids is 2. The summed E-state index contributed by atoms with van der Waals surface area (Å²) in [4.78, 5) is 35.9. The van der Waals surface area contributed by atoms with Crippen molar-refractivity contribution in [1.29, 1.82) is 0 Å². The minimum atomic E-state index is -0.833. The van der Waals surface area contributed by atoms with E-state index in [-0.39, 0.29) is 30.3 Å². The predicted octanol–water partition coefficient (Wildman–Crippen LogP) is 2.04. The third-order valence-corrected chi connectivity index (χ3v) is 8.70. The minimum Gasteiger partial charge on any atom is -0.412 e. The molecule has 46 heavy (non-hydrogen) atoms. The van der Waals surface area contributed by atoms with Crippen molar-refractivity contribution < 1.29 is 25.3 Å². The van der Waals surface area contributed by atoms with Gasteiger partial charge in [-0.3, -0.25) is 24.4 Å². The van der Waals surface area contributed by atoms with Gasteiger partial charge in [-0.2, -0.15) is 0 Å². The maximum Gasteiger partial charge on any atom is 0.239 e. The lowest BCUT2D eigenvalue weighted by Gasteiger charge is -2.42. The van der Waals surface area contributed by atoms with E-state index in [0.717, 1.165) is 28.8 Å². The summed E-state index contributed by atoms with van der Waals surface area (Å²) in [6.45, 7) is 8.74. The van der Waals surface area contributed by atoms with Crippen LogP contribution in [0.1, 0.15) is 55.5 Å². The van der Waals surface area contributed by atoms with Gasteiger partial charge in [0.25, 0.3) is 0 Å². The Bertz CT molecular complexity index is 1420. The molecule has 2 heterocycles. The molecule has 1 fully saturated rings. The summed E-state index contributed by atoms with van der Waals surface area (Å²) in [6.07, 6.45) is 3.26. The lowest BCUT2D eigenvalue weighted by atomic mass is 9.91. The molecule has 2 aliphatic rings. The smallest absolute Gasteiger partial charge is 0.239 e. The lowest BCUT2D eigenvalue weighted by Crippen LogP contribution is -2.61. The second-order valence-corrected chi connectivity index (χ2v) is 13.6. The molecular weight excluding hydrogens is 582 g/mol. The van der Waals surface area contributed by atoms with Crippen molar-refractivity contribution in [1.82, 2.24) is 25.4 Å². The molecular formula is C36H49N5O5. The first-order valence-corrected chi connectivity index (χ1v) is 16.0. The van der Waals surface area contributed by atoms with Crippen LogP contribution in [-0.4, -0.2) is 92.3 Å². The van der Waals surface area contributed by atoms with Crippen LogP contribution in [0.2, 0.25) is 0 Å². The summed E-state index contributed by atoms with van der Waals surface area (Å²) < 4.78 is 0. The van der Waals surface area contributed by atoms with E-state index >= 15 is 0 Å². The molecule has 1 aliphatic heterocycles. The van der Waals surface area contributed by atoms with Crippen LogP contribution in [0, 0.1) is 5.92 Å². The van der Waals surface area contributed by atoms with Crippen LogP contribution in [0.25, 0.3) is 0 Å². The van der Waals surface area contributed by atoms with Gasteiger partial charge >= 0.3 is 0 Å². The highest BCUT2D eigenvalue weighted by atomic mass is 16.3. The number of pyridine rings is 1. The van der Waals surface area contributed by atoms with Crippen LogP contribution in [0.5, 0.6) is 0 Å². The van der Waals surface area contributed by atoms with Gasteiger partial charge in [-0.05, 0) is 61.9 Å². The zero-order valence-corrected chi connectivity index (χ0v) is 27.1. The predicted molar refractivity (Wildman–Crippen MR) is 178 cm³/mol.